The Morgan fingerprint density at radius 3 is 2.31 bits per heavy atom. The molecule has 0 radical (unpaired) electrons. The highest BCUT2D eigenvalue weighted by Gasteiger charge is 2.16. The van der Waals surface area contributed by atoms with Gasteiger partial charge in [0.05, 0.1) is 10.7 Å². The number of nitrogens with zero attached hydrogens (tertiary/aromatic N) is 1. The fourth-order valence-electron chi connectivity index (χ4n) is 2.10. The molecule has 1 heterocycles. The molecule has 0 unspecified atom stereocenters. The Morgan fingerprint density at radius 2 is 1.88 bits per heavy atom. The molecule has 1 aromatic rings. The molecule has 1 rings (SSSR count). The minimum atomic E-state index is 0.740. The van der Waals surface area contributed by atoms with E-state index in [9.17, 15) is 0 Å². The summed E-state index contributed by atoms with van der Waals surface area (Å²) in [4.78, 5) is 4.45. The third-order valence-electron chi connectivity index (χ3n) is 3.07. The number of aromatic nitrogens is 1. The Bertz CT molecular complexity index is 297. The zero-order valence-corrected chi connectivity index (χ0v) is 11.9. The lowest BCUT2D eigenvalue weighted by molar-refractivity contribution is 0.275. The lowest BCUT2D eigenvalue weighted by Gasteiger charge is -2.25. The van der Waals surface area contributed by atoms with Crippen LogP contribution in [0.25, 0.3) is 0 Å². The maximum atomic E-state index is 4.45. The molecule has 0 aliphatic carbocycles. The second-order valence-corrected chi connectivity index (χ2v) is 6.20. The van der Waals surface area contributed by atoms with E-state index >= 15 is 0 Å². The van der Waals surface area contributed by atoms with Gasteiger partial charge in [-0.1, -0.05) is 27.7 Å². The third kappa shape index (κ3) is 4.22. The molecule has 0 atom stereocenters. The lowest BCUT2D eigenvalue weighted by atomic mass is 9.85. The van der Waals surface area contributed by atoms with Gasteiger partial charge in [0.15, 0.2) is 0 Å². The maximum absolute atomic E-state index is 4.45. The molecule has 3 heteroatoms. The summed E-state index contributed by atoms with van der Waals surface area (Å²) < 4.78 is 0. The predicted octanol–water partition coefficient (Wildman–Crippen LogP) is 3.47. The van der Waals surface area contributed by atoms with Crippen molar-refractivity contribution in [2.75, 3.05) is 6.54 Å². The molecule has 0 aliphatic rings. The maximum Gasteiger partial charge on any atom is 0.0897 e. The molecule has 0 amide bonds. The minimum Gasteiger partial charge on any atom is -0.311 e. The van der Waals surface area contributed by atoms with Gasteiger partial charge in [0, 0.05) is 11.9 Å². The quantitative estimate of drug-likeness (QED) is 0.823. The number of hydrogen-bond donors (Lipinski definition) is 1. The van der Waals surface area contributed by atoms with E-state index in [0.717, 1.165) is 35.9 Å². The van der Waals surface area contributed by atoms with Crippen LogP contribution in [-0.4, -0.2) is 11.5 Å². The van der Waals surface area contributed by atoms with Crippen LogP contribution < -0.4 is 5.32 Å². The van der Waals surface area contributed by atoms with Gasteiger partial charge >= 0.3 is 0 Å². The van der Waals surface area contributed by atoms with Gasteiger partial charge in [-0.05, 0) is 31.2 Å². The van der Waals surface area contributed by atoms with Gasteiger partial charge in [-0.25, -0.2) is 4.98 Å². The average molecular weight is 240 g/mol. The largest absolute Gasteiger partial charge is 0.311 e. The van der Waals surface area contributed by atoms with Crippen LogP contribution in [0.15, 0.2) is 5.38 Å². The van der Waals surface area contributed by atoms with Crippen LogP contribution in [0, 0.1) is 24.7 Å². The number of hydrogen-bond acceptors (Lipinski definition) is 3. The van der Waals surface area contributed by atoms with Gasteiger partial charge in [0.1, 0.15) is 0 Å². The van der Waals surface area contributed by atoms with Crippen molar-refractivity contribution >= 4 is 11.3 Å². The van der Waals surface area contributed by atoms with E-state index in [4.69, 9.17) is 0 Å². The summed E-state index contributed by atoms with van der Waals surface area (Å²) in [5.74, 6) is 2.23. The fourth-order valence-corrected chi connectivity index (χ4v) is 2.71. The minimum absolute atomic E-state index is 0.740. The molecule has 16 heavy (non-hydrogen) atoms. The number of thiazole rings is 1. The summed E-state index contributed by atoms with van der Waals surface area (Å²) >= 11 is 1.72. The van der Waals surface area contributed by atoms with Crippen molar-refractivity contribution in [3.05, 3.63) is 16.1 Å². The van der Waals surface area contributed by atoms with Crippen LogP contribution in [0.2, 0.25) is 0 Å². The van der Waals surface area contributed by atoms with Crippen molar-refractivity contribution in [2.24, 2.45) is 17.8 Å². The van der Waals surface area contributed by atoms with Gasteiger partial charge in [-0.3, -0.25) is 0 Å². The molecule has 1 N–H and O–H groups in total. The van der Waals surface area contributed by atoms with Crippen LogP contribution in [0.4, 0.5) is 0 Å². The third-order valence-corrected chi connectivity index (χ3v) is 3.89. The Morgan fingerprint density at radius 1 is 1.25 bits per heavy atom. The van der Waals surface area contributed by atoms with E-state index in [-0.39, 0.29) is 0 Å². The molecule has 0 aliphatic heterocycles. The highest BCUT2D eigenvalue weighted by molar-refractivity contribution is 7.09. The first kappa shape index (κ1) is 13.7. The SMILES string of the molecule is Cc1nc(CNCC(C(C)C)C(C)C)cs1. The monoisotopic (exact) mass is 240 g/mol. The van der Waals surface area contributed by atoms with Gasteiger partial charge in [-0.15, -0.1) is 11.3 Å². The van der Waals surface area contributed by atoms with Crippen LogP contribution in [-0.2, 0) is 6.54 Å². The first-order chi connectivity index (χ1) is 7.50. The Kier molecular flexibility index (Phi) is 5.42. The Balaban J connectivity index is 2.33. The Labute approximate surface area is 103 Å². The summed E-state index contributed by atoms with van der Waals surface area (Å²) in [6.45, 7) is 13.3. The summed E-state index contributed by atoms with van der Waals surface area (Å²) in [6, 6.07) is 0. The molecule has 2 nitrogen and oxygen atoms in total. The normalized spacial score (nSPS) is 12.0. The van der Waals surface area contributed by atoms with Crippen molar-refractivity contribution in [1.29, 1.82) is 0 Å². The summed E-state index contributed by atoms with van der Waals surface area (Å²) in [5.41, 5.74) is 1.17. The molecule has 1 aromatic heterocycles. The number of nitrogens with one attached hydrogen (secondary N) is 1. The molecule has 0 spiro atoms. The fraction of sp³-hybridized carbons (Fsp3) is 0.769. The van der Waals surface area contributed by atoms with Gasteiger partial charge in [0.25, 0.3) is 0 Å². The highest BCUT2D eigenvalue weighted by atomic mass is 32.1. The molecule has 0 aromatic carbocycles. The van der Waals surface area contributed by atoms with Crippen LogP contribution in [0.3, 0.4) is 0 Å². The zero-order valence-electron chi connectivity index (χ0n) is 11.1. The summed E-state index contributed by atoms with van der Waals surface area (Å²) in [7, 11) is 0. The molecule has 0 saturated carbocycles. The van der Waals surface area contributed by atoms with Crippen molar-refractivity contribution in [2.45, 2.75) is 41.2 Å². The summed E-state index contributed by atoms with van der Waals surface area (Å²) in [6.07, 6.45) is 0. The second kappa shape index (κ2) is 6.36. The van der Waals surface area contributed by atoms with Crippen molar-refractivity contribution in [3.63, 3.8) is 0 Å². The molecular weight excluding hydrogens is 216 g/mol. The van der Waals surface area contributed by atoms with Crippen molar-refractivity contribution in [3.8, 4) is 0 Å². The predicted molar refractivity (Wildman–Crippen MR) is 71.7 cm³/mol. The van der Waals surface area contributed by atoms with Crippen molar-refractivity contribution in [1.82, 2.24) is 10.3 Å². The van der Waals surface area contributed by atoms with E-state index in [1.807, 2.05) is 0 Å². The lowest BCUT2D eigenvalue weighted by Crippen LogP contribution is -2.29. The molecule has 0 bridgehead atoms. The average Bonchev–Trinajstić information content (AvgIpc) is 2.57. The zero-order chi connectivity index (χ0) is 12.1. The van der Waals surface area contributed by atoms with E-state index in [0.29, 0.717) is 0 Å². The summed E-state index contributed by atoms with van der Waals surface area (Å²) in [5, 5.41) is 6.82. The Hall–Kier alpha value is -0.410. The molecule has 92 valence electrons. The van der Waals surface area contributed by atoms with Crippen LogP contribution >= 0.6 is 11.3 Å². The van der Waals surface area contributed by atoms with Crippen LogP contribution in [0.5, 0.6) is 0 Å². The van der Waals surface area contributed by atoms with E-state index in [1.54, 1.807) is 11.3 Å². The van der Waals surface area contributed by atoms with Gasteiger partial charge < -0.3 is 5.32 Å². The topological polar surface area (TPSA) is 24.9 Å². The number of aryl methyl sites for hydroxylation is 1. The first-order valence-corrected chi connectivity index (χ1v) is 7.00. The van der Waals surface area contributed by atoms with Gasteiger partial charge in [0.2, 0.25) is 0 Å². The van der Waals surface area contributed by atoms with Gasteiger partial charge in [-0.2, -0.15) is 0 Å². The number of rotatable bonds is 6. The van der Waals surface area contributed by atoms with E-state index < -0.39 is 0 Å². The molecule has 0 saturated heterocycles. The standard InChI is InChI=1S/C13H24N2S/c1-9(2)13(10(3)4)7-14-6-12-8-16-11(5)15-12/h8-10,13-14H,6-7H2,1-5H3. The molecular formula is C13H24N2S. The van der Waals surface area contributed by atoms with E-state index in [2.05, 4.69) is 50.3 Å². The first-order valence-electron chi connectivity index (χ1n) is 6.12. The molecule has 0 fully saturated rings. The van der Waals surface area contributed by atoms with Crippen molar-refractivity contribution < 1.29 is 0 Å². The second-order valence-electron chi connectivity index (χ2n) is 5.14. The van der Waals surface area contributed by atoms with E-state index in [1.165, 1.54) is 5.69 Å². The highest BCUT2D eigenvalue weighted by Crippen LogP contribution is 2.19. The van der Waals surface area contributed by atoms with Crippen LogP contribution in [0.1, 0.15) is 38.4 Å². The smallest absolute Gasteiger partial charge is 0.0897 e.